The van der Waals surface area contributed by atoms with Gasteiger partial charge in [-0.1, -0.05) is 36.4 Å². The second-order valence-corrected chi connectivity index (χ2v) is 7.39. The Morgan fingerprint density at radius 2 is 1.70 bits per heavy atom. The molecule has 0 atom stereocenters. The van der Waals surface area contributed by atoms with Crippen molar-refractivity contribution in [2.75, 3.05) is 19.6 Å². The molecule has 1 heterocycles. The van der Waals surface area contributed by atoms with Crippen LogP contribution in [0.4, 0.5) is 0 Å². The number of carbonyl (C=O) groups is 2. The number of nitrogens with one attached hydrogen (secondary N) is 1. The fourth-order valence-corrected chi connectivity index (χ4v) is 3.52. The van der Waals surface area contributed by atoms with E-state index in [1.54, 1.807) is 0 Å². The Hall–Kier alpha value is -2.62. The van der Waals surface area contributed by atoms with Crippen LogP contribution in [0.1, 0.15) is 39.9 Å². The zero-order valence-corrected chi connectivity index (χ0v) is 16.2. The molecule has 0 aliphatic carbocycles. The van der Waals surface area contributed by atoms with E-state index >= 15 is 0 Å². The molecule has 0 radical (unpaired) electrons. The smallest absolute Gasteiger partial charge is 0.253 e. The van der Waals surface area contributed by atoms with Crippen LogP contribution in [0.3, 0.4) is 0 Å². The third-order valence-electron chi connectivity index (χ3n) is 5.46. The van der Waals surface area contributed by atoms with Gasteiger partial charge in [-0.2, -0.15) is 0 Å². The van der Waals surface area contributed by atoms with Crippen LogP contribution in [0.15, 0.2) is 48.5 Å². The van der Waals surface area contributed by atoms with Gasteiger partial charge in [0.1, 0.15) is 0 Å². The molecule has 4 nitrogen and oxygen atoms in total. The second kappa shape index (κ2) is 8.85. The summed E-state index contributed by atoms with van der Waals surface area (Å²) >= 11 is 0. The lowest BCUT2D eigenvalue weighted by Crippen LogP contribution is -2.43. The number of carbonyl (C=O) groups excluding carboxylic acids is 2. The number of aryl methyl sites for hydroxylation is 2. The first-order chi connectivity index (χ1) is 13.0. The number of hydrogen-bond donors (Lipinski definition) is 1. The lowest BCUT2D eigenvalue weighted by Gasteiger charge is -2.31. The summed E-state index contributed by atoms with van der Waals surface area (Å²) in [6.45, 7) is 6.01. The van der Waals surface area contributed by atoms with Crippen LogP contribution in [-0.4, -0.2) is 36.3 Å². The molecule has 2 amide bonds. The molecule has 2 aromatic rings. The van der Waals surface area contributed by atoms with E-state index in [-0.39, 0.29) is 17.7 Å². The van der Waals surface area contributed by atoms with Gasteiger partial charge in [-0.3, -0.25) is 9.59 Å². The van der Waals surface area contributed by atoms with Gasteiger partial charge in [-0.15, -0.1) is 0 Å². The van der Waals surface area contributed by atoms with Crippen molar-refractivity contribution in [1.82, 2.24) is 10.2 Å². The van der Waals surface area contributed by atoms with Crippen LogP contribution in [0, 0.1) is 19.8 Å². The molecule has 0 saturated carbocycles. The largest absolute Gasteiger partial charge is 0.356 e. The van der Waals surface area contributed by atoms with Gasteiger partial charge in [0.2, 0.25) is 5.91 Å². The highest BCUT2D eigenvalue weighted by atomic mass is 16.2. The average molecular weight is 364 g/mol. The first-order valence-electron chi connectivity index (χ1n) is 9.73. The Bertz CT molecular complexity index is 793. The van der Waals surface area contributed by atoms with Gasteiger partial charge in [0.15, 0.2) is 0 Å². The van der Waals surface area contributed by atoms with Crippen molar-refractivity contribution < 1.29 is 9.59 Å². The molecule has 4 heteroatoms. The number of piperidine rings is 1. The summed E-state index contributed by atoms with van der Waals surface area (Å²) < 4.78 is 0. The maximum Gasteiger partial charge on any atom is 0.253 e. The minimum absolute atomic E-state index is 0.00424. The van der Waals surface area contributed by atoms with E-state index in [1.807, 2.05) is 55.1 Å². The van der Waals surface area contributed by atoms with Gasteiger partial charge in [0, 0.05) is 31.1 Å². The molecule has 0 spiro atoms. The molecule has 0 bridgehead atoms. The third kappa shape index (κ3) is 4.97. The highest BCUT2D eigenvalue weighted by Gasteiger charge is 2.27. The quantitative estimate of drug-likeness (QED) is 0.883. The molecule has 1 saturated heterocycles. The number of rotatable bonds is 5. The highest BCUT2D eigenvalue weighted by molar-refractivity contribution is 5.94. The minimum Gasteiger partial charge on any atom is -0.356 e. The molecule has 1 fully saturated rings. The second-order valence-electron chi connectivity index (χ2n) is 7.39. The van der Waals surface area contributed by atoms with Crippen LogP contribution in [0.5, 0.6) is 0 Å². The predicted molar refractivity (Wildman–Crippen MR) is 108 cm³/mol. The molecule has 1 aliphatic rings. The molecule has 0 unspecified atom stereocenters. The van der Waals surface area contributed by atoms with E-state index in [9.17, 15) is 9.59 Å². The lowest BCUT2D eigenvalue weighted by atomic mass is 9.95. The molecule has 0 aromatic heterocycles. The third-order valence-corrected chi connectivity index (χ3v) is 5.46. The molecule has 142 valence electrons. The SMILES string of the molecule is Cc1ccc(C(=O)N2CCC(C(=O)NCCc3ccccc3)CC2)cc1C. The number of nitrogens with zero attached hydrogens (tertiary/aromatic N) is 1. The van der Waals surface area contributed by atoms with Crippen molar-refractivity contribution in [1.29, 1.82) is 0 Å². The van der Waals surface area contributed by atoms with Crippen molar-refractivity contribution in [2.24, 2.45) is 5.92 Å². The Balaban J connectivity index is 1.45. The molecule has 27 heavy (non-hydrogen) atoms. The maximum atomic E-state index is 12.7. The van der Waals surface area contributed by atoms with E-state index in [0.29, 0.717) is 19.6 Å². The van der Waals surface area contributed by atoms with E-state index < -0.39 is 0 Å². The van der Waals surface area contributed by atoms with Crippen LogP contribution < -0.4 is 5.32 Å². The Kier molecular flexibility index (Phi) is 6.28. The highest BCUT2D eigenvalue weighted by Crippen LogP contribution is 2.20. The van der Waals surface area contributed by atoms with Crippen LogP contribution >= 0.6 is 0 Å². The normalized spacial score (nSPS) is 14.8. The average Bonchev–Trinajstić information content (AvgIpc) is 2.70. The van der Waals surface area contributed by atoms with Gasteiger partial charge < -0.3 is 10.2 Å². The molecule has 3 rings (SSSR count). The monoisotopic (exact) mass is 364 g/mol. The van der Waals surface area contributed by atoms with Gasteiger partial charge in [-0.05, 0) is 61.9 Å². The van der Waals surface area contributed by atoms with Crippen LogP contribution in [0.25, 0.3) is 0 Å². The standard InChI is InChI=1S/C23H28N2O2/c1-17-8-9-21(16-18(17)2)23(27)25-14-11-20(12-15-25)22(26)24-13-10-19-6-4-3-5-7-19/h3-9,16,20H,10-15H2,1-2H3,(H,24,26). The van der Waals surface area contributed by atoms with E-state index in [2.05, 4.69) is 17.4 Å². The topological polar surface area (TPSA) is 49.4 Å². The fourth-order valence-electron chi connectivity index (χ4n) is 3.52. The van der Waals surface area contributed by atoms with Crippen LogP contribution in [-0.2, 0) is 11.2 Å². The van der Waals surface area contributed by atoms with Gasteiger partial charge in [0.25, 0.3) is 5.91 Å². The first kappa shape index (κ1) is 19.2. The summed E-state index contributed by atoms with van der Waals surface area (Å²) in [4.78, 5) is 27.0. The molecular formula is C23H28N2O2. The minimum atomic E-state index is 0.00424. The predicted octanol–water partition coefficient (Wildman–Crippen LogP) is 3.51. The van der Waals surface area contributed by atoms with Crippen LogP contribution in [0.2, 0.25) is 0 Å². The summed E-state index contributed by atoms with van der Waals surface area (Å²) in [5.41, 5.74) is 4.29. The summed E-state index contributed by atoms with van der Waals surface area (Å²) in [7, 11) is 0. The van der Waals surface area contributed by atoms with E-state index in [0.717, 1.165) is 30.4 Å². The molecular weight excluding hydrogens is 336 g/mol. The zero-order chi connectivity index (χ0) is 19.2. The zero-order valence-electron chi connectivity index (χ0n) is 16.2. The van der Waals surface area contributed by atoms with Gasteiger partial charge >= 0.3 is 0 Å². The summed E-state index contributed by atoms with van der Waals surface area (Å²) in [6.07, 6.45) is 2.30. The number of hydrogen-bond acceptors (Lipinski definition) is 2. The first-order valence-corrected chi connectivity index (χ1v) is 9.73. The molecule has 1 N–H and O–H groups in total. The number of amides is 2. The Labute approximate surface area is 161 Å². The van der Waals surface area contributed by atoms with Crippen molar-refractivity contribution in [3.05, 3.63) is 70.8 Å². The van der Waals surface area contributed by atoms with Crippen molar-refractivity contribution >= 4 is 11.8 Å². The number of benzene rings is 2. The van der Waals surface area contributed by atoms with Crippen molar-refractivity contribution in [2.45, 2.75) is 33.1 Å². The van der Waals surface area contributed by atoms with Gasteiger partial charge in [0.05, 0.1) is 0 Å². The summed E-state index contributed by atoms with van der Waals surface area (Å²) in [5.74, 6) is 0.190. The van der Waals surface area contributed by atoms with Gasteiger partial charge in [-0.25, -0.2) is 0 Å². The lowest BCUT2D eigenvalue weighted by molar-refractivity contribution is -0.126. The fraction of sp³-hybridized carbons (Fsp3) is 0.391. The van der Waals surface area contributed by atoms with Crippen molar-refractivity contribution in [3.63, 3.8) is 0 Å². The Morgan fingerprint density at radius 1 is 1.00 bits per heavy atom. The van der Waals surface area contributed by atoms with E-state index in [1.165, 1.54) is 11.1 Å². The summed E-state index contributed by atoms with van der Waals surface area (Å²) in [6, 6.07) is 16.0. The number of likely N-dealkylation sites (tertiary alicyclic amines) is 1. The van der Waals surface area contributed by atoms with Crippen molar-refractivity contribution in [3.8, 4) is 0 Å². The molecule has 1 aliphatic heterocycles. The maximum absolute atomic E-state index is 12.7. The Morgan fingerprint density at radius 3 is 2.37 bits per heavy atom. The summed E-state index contributed by atoms with van der Waals surface area (Å²) in [5, 5.41) is 3.05. The van der Waals surface area contributed by atoms with E-state index in [4.69, 9.17) is 0 Å². The molecule has 2 aromatic carbocycles.